The van der Waals surface area contributed by atoms with Crippen LogP contribution in [0.25, 0.3) is 10.8 Å². The van der Waals surface area contributed by atoms with Crippen LogP contribution in [0.2, 0.25) is 0 Å². The molecular weight excluding hydrogens is 258 g/mol. The van der Waals surface area contributed by atoms with Gasteiger partial charge in [0.1, 0.15) is 0 Å². The molecule has 2 aromatic rings. The summed E-state index contributed by atoms with van der Waals surface area (Å²) in [5.41, 5.74) is -0.287. The fourth-order valence-corrected chi connectivity index (χ4v) is 2.03. The molecule has 0 spiro atoms. The van der Waals surface area contributed by atoms with E-state index < -0.39 is 11.6 Å². The summed E-state index contributed by atoms with van der Waals surface area (Å²) < 4.78 is 0. The van der Waals surface area contributed by atoms with E-state index in [0.29, 0.717) is 16.5 Å². The molecule has 2 N–H and O–H groups in total. The monoisotopic (exact) mass is 275 g/mol. The number of rotatable bonds is 2. The molecule has 0 saturated carbocycles. The summed E-state index contributed by atoms with van der Waals surface area (Å²) >= 11 is 0. The third-order valence-electron chi connectivity index (χ3n) is 3.12. The highest BCUT2D eigenvalue weighted by Gasteiger charge is 2.27. The van der Waals surface area contributed by atoms with E-state index in [2.05, 4.69) is 10.2 Å². The predicted molar refractivity (Wildman–Crippen MR) is 75.7 cm³/mol. The van der Waals surface area contributed by atoms with Crippen molar-refractivity contribution in [2.75, 3.05) is 0 Å². The lowest BCUT2D eigenvalue weighted by molar-refractivity contribution is 0.0948. The molecule has 106 valence electrons. The third kappa shape index (κ3) is 2.64. The van der Waals surface area contributed by atoms with Crippen LogP contribution in [0, 0.1) is 0 Å². The molecule has 0 saturated heterocycles. The molecule has 6 nitrogen and oxygen atoms in total. The van der Waals surface area contributed by atoms with E-state index in [-0.39, 0.29) is 12.1 Å². The summed E-state index contributed by atoms with van der Waals surface area (Å²) in [6.07, 6.45) is -1.02. The van der Waals surface area contributed by atoms with Gasteiger partial charge in [0.25, 0.3) is 5.56 Å². The zero-order chi connectivity index (χ0) is 14.9. The van der Waals surface area contributed by atoms with Gasteiger partial charge in [0.15, 0.2) is 0 Å². The van der Waals surface area contributed by atoms with Crippen LogP contribution in [0.1, 0.15) is 26.5 Å². The molecule has 20 heavy (non-hydrogen) atoms. The van der Waals surface area contributed by atoms with Gasteiger partial charge in [-0.15, -0.1) is 0 Å². The zero-order valence-electron chi connectivity index (χ0n) is 11.7. The maximum absolute atomic E-state index is 11.7. The highest BCUT2D eigenvalue weighted by molar-refractivity contribution is 5.83. The first kappa shape index (κ1) is 14.0. The van der Waals surface area contributed by atoms with Crippen molar-refractivity contribution < 1.29 is 9.90 Å². The Hall–Kier alpha value is -2.37. The van der Waals surface area contributed by atoms with Crippen molar-refractivity contribution in [2.24, 2.45) is 0 Å². The fraction of sp³-hybridized carbons (Fsp3) is 0.357. The number of H-pyrrole nitrogens is 1. The van der Waals surface area contributed by atoms with E-state index in [9.17, 15) is 14.7 Å². The standard InChI is InChI=1S/C14H17N3O3/c1-14(2,3)17(13(19)20)8-11-9-6-4-5-7-10(9)12(18)16-15-11/h4-7H,8H2,1-3H3,(H,16,18)(H,19,20). The summed E-state index contributed by atoms with van der Waals surface area (Å²) in [5, 5.41) is 16.9. The second kappa shape index (κ2) is 4.96. The minimum atomic E-state index is -1.02. The second-order valence-electron chi connectivity index (χ2n) is 5.58. The maximum Gasteiger partial charge on any atom is 0.408 e. The Morgan fingerprint density at radius 1 is 1.30 bits per heavy atom. The smallest absolute Gasteiger partial charge is 0.408 e. The number of hydrogen-bond acceptors (Lipinski definition) is 3. The number of aromatic nitrogens is 2. The van der Waals surface area contributed by atoms with Crippen molar-refractivity contribution in [3.8, 4) is 0 Å². The Balaban J connectivity index is 2.51. The Bertz CT molecular complexity index is 701. The molecule has 1 aromatic carbocycles. The topological polar surface area (TPSA) is 86.3 Å². The van der Waals surface area contributed by atoms with E-state index in [1.54, 1.807) is 24.3 Å². The average molecular weight is 275 g/mol. The summed E-state index contributed by atoms with van der Waals surface area (Å²) in [4.78, 5) is 24.4. The predicted octanol–water partition coefficient (Wildman–Crippen LogP) is 2.20. The number of fused-ring (bicyclic) bond motifs is 1. The van der Waals surface area contributed by atoms with Gasteiger partial charge in [0, 0.05) is 10.9 Å². The summed E-state index contributed by atoms with van der Waals surface area (Å²) in [7, 11) is 0. The van der Waals surface area contributed by atoms with E-state index in [0.717, 1.165) is 0 Å². The summed E-state index contributed by atoms with van der Waals surface area (Å²) in [5.74, 6) is 0. The normalized spacial score (nSPS) is 11.6. The Morgan fingerprint density at radius 2 is 1.90 bits per heavy atom. The molecular formula is C14H17N3O3. The number of benzene rings is 1. The molecule has 1 aromatic heterocycles. The van der Waals surface area contributed by atoms with Crippen LogP contribution < -0.4 is 5.56 Å². The molecule has 6 heteroatoms. The number of hydrogen-bond donors (Lipinski definition) is 2. The third-order valence-corrected chi connectivity index (χ3v) is 3.12. The van der Waals surface area contributed by atoms with Gasteiger partial charge in [-0.1, -0.05) is 18.2 Å². The molecule has 0 unspecified atom stereocenters. The van der Waals surface area contributed by atoms with Crippen molar-refractivity contribution in [3.63, 3.8) is 0 Å². The number of carbonyl (C=O) groups is 1. The number of carboxylic acid groups (broad SMARTS) is 1. The van der Waals surface area contributed by atoms with Crippen LogP contribution in [0.5, 0.6) is 0 Å². The van der Waals surface area contributed by atoms with Gasteiger partial charge in [-0.3, -0.25) is 9.69 Å². The molecule has 1 heterocycles. The van der Waals surface area contributed by atoms with E-state index in [1.165, 1.54) is 4.90 Å². The van der Waals surface area contributed by atoms with Crippen molar-refractivity contribution in [1.29, 1.82) is 0 Å². The van der Waals surface area contributed by atoms with E-state index >= 15 is 0 Å². The van der Waals surface area contributed by atoms with Crippen LogP contribution >= 0.6 is 0 Å². The summed E-state index contributed by atoms with van der Waals surface area (Å²) in [6.45, 7) is 5.56. The molecule has 0 fully saturated rings. The zero-order valence-corrected chi connectivity index (χ0v) is 11.7. The van der Waals surface area contributed by atoms with Crippen molar-refractivity contribution in [3.05, 3.63) is 40.3 Å². The number of nitrogens with zero attached hydrogens (tertiary/aromatic N) is 2. The number of amides is 1. The van der Waals surface area contributed by atoms with Crippen LogP contribution in [0.3, 0.4) is 0 Å². The van der Waals surface area contributed by atoms with Gasteiger partial charge in [0.2, 0.25) is 0 Å². The second-order valence-corrected chi connectivity index (χ2v) is 5.58. The Morgan fingerprint density at radius 3 is 2.45 bits per heavy atom. The van der Waals surface area contributed by atoms with Crippen molar-refractivity contribution >= 4 is 16.9 Å². The first-order valence-corrected chi connectivity index (χ1v) is 6.27. The quantitative estimate of drug-likeness (QED) is 0.879. The van der Waals surface area contributed by atoms with E-state index in [1.807, 2.05) is 20.8 Å². The van der Waals surface area contributed by atoms with Gasteiger partial charge in [-0.25, -0.2) is 9.89 Å². The van der Waals surface area contributed by atoms with E-state index in [4.69, 9.17) is 0 Å². The molecule has 0 radical (unpaired) electrons. The highest BCUT2D eigenvalue weighted by Crippen LogP contribution is 2.20. The number of nitrogens with one attached hydrogen (secondary N) is 1. The average Bonchev–Trinajstić information content (AvgIpc) is 2.36. The lowest BCUT2D eigenvalue weighted by atomic mass is 10.1. The fourth-order valence-electron chi connectivity index (χ4n) is 2.03. The van der Waals surface area contributed by atoms with Crippen LogP contribution in [-0.4, -0.2) is 31.8 Å². The molecule has 0 atom stereocenters. The highest BCUT2D eigenvalue weighted by atomic mass is 16.4. The Labute approximate surface area is 116 Å². The van der Waals surface area contributed by atoms with Gasteiger partial charge >= 0.3 is 6.09 Å². The van der Waals surface area contributed by atoms with Crippen molar-refractivity contribution in [1.82, 2.24) is 15.1 Å². The SMILES string of the molecule is CC(C)(C)N(Cc1n[nH]c(=O)c2ccccc12)C(=O)O. The van der Waals surface area contributed by atoms with Crippen LogP contribution in [0.4, 0.5) is 4.79 Å². The molecule has 1 amide bonds. The first-order valence-electron chi connectivity index (χ1n) is 6.27. The van der Waals surface area contributed by atoms with Gasteiger partial charge < -0.3 is 5.11 Å². The minimum Gasteiger partial charge on any atom is -0.465 e. The summed E-state index contributed by atoms with van der Waals surface area (Å²) in [6, 6.07) is 7.03. The van der Waals surface area contributed by atoms with Crippen LogP contribution in [-0.2, 0) is 6.54 Å². The van der Waals surface area contributed by atoms with Crippen LogP contribution in [0.15, 0.2) is 29.1 Å². The molecule has 0 bridgehead atoms. The minimum absolute atomic E-state index is 0.121. The van der Waals surface area contributed by atoms with Crippen molar-refractivity contribution in [2.45, 2.75) is 32.9 Å². The maximum atomic E-state index is 11.7. The molecule has 0 aliphatic heterocycles. The Kier molecular flexibility index (Phi) is 3.48. The molecule has 2 rings (SSSR count). The number of aromatic amines is 1. The largest absolute Gasteiger partial charge is 0.465 e. The molecule has 0 aliphatic carbocycles. The first-order chi connectivity index (χ1) is 9.30. The lowest BCUT2D eigenvalue weighted by Gasteiger charge is -2.32. The van der Waals surface area contributed by atoms with Gasteiger partial charge in [-0.2, -0.15) is 5.10 Å². The lowest BCUT2D eigenvalue weighted by Crippen LogP contribution is -2.44. The van der Waals surface area contributed by atoms with Gasteiger partial charge in [0.05, 0.1) is 17.6 Å². The molecule has 0 aliphatic rings. The van der Waals surface area contributed by atoms with Gasteiger partial charge in [-0.05, 0) is 26.8 Å².